The second kappa shape index (κ2) is 63.5. The summed E-state index contributed by atoms with van der Waals surface area (Å²) >= 11 is 0. The monoisotopic (exact) mass is 1150 g/mol. The van der Waals surface area contributed by atoms with Gasteiger partial charge in [-0.1, -0.05) is 270 Å². The van der Waals surface area contributed by atoms with Gasteiger partial charge in [-0.15, -0.1) is 0 Å². The number of carboxylic acid groups (broad SMARTS) is 1. The fraction of sp³-hybridized carbons (Fsp3) is 0.662. The summed E-state index contributed by atoms with van der Waals surface area (Å²) in [5.41, 5.74) is 0. The number of quaternary nitrogens is 1. The van der Waals surface area contributed by atoms with E-state index >= 15 is 0 Å². The van der Waals surface area contributed by atoms with Gasteiger partial charge < -0.3 is 33.3 Å². The number of aliphatic carboxylic acids is 1. The van der Waals surface area contributed by atoms with Crippen LogP contribution < -0.4 is 5.11 Å². The van der Waals surface area contributed by atoms with Crippen molar-refractivity contribution in [3.05, 3.63) is 134 Å². The fourth-order valence-corrected chi connectivity index (χ4v) is 8.86. The Labute approximate surface area is 509 Å². The second-order valence-electron chi connectivity index (χ2n) is 23.0. The maximum absolute atomic E-state index is 12.9. The van der Waals surface area contributed by atoms with Gasteiger partial charge in [0.25, 0.3) is 0 Å². The van der Waals surface area contributed by atoms with Crippen molar-refractivity contribution >= 4 is 17.9 Å². The molecule has 0 spiro atoms. The first-order chi connectivity index (χ1) is 40.6. The Kier molecular flexibility index (Phi) is 60.0. The average molecular weight is 1150 g/mol. The maximum Gasteiger partial charge on any atom is 0.306 e. The van der Waals surface area contributed by atoms with Crippen LogP contribution in [0.4, 0.5) is 0 Å². The van der Waals surface area contributed by atoms with Crippen molar-refractivity contribution in [1.29, 1.82) is 0 Å². The van der Waals surface area contributed by atoms with E-state index in [1.54, 1.807) is 0 Å². The molecule has 0 fully saturated rings. The van der Waals surface area contributed by atoms with E-state index in [-0.39, 0.29) is 38.6 Å². The van der Waals surface area contributed by atoms with Crippen LogP contribution in [0.1, 0.15) is 258 Å². The normalized spacial score (nSPS) is 13.6. The first kappa shape index (κ1) is 78.4. The highest BCUT2D eigenvalue weighted by Gasteiger charge is 2.22. The minimum absolute atomic E-state index is 0.141. The average Bonchev–Trinajstić information content (AvgIpc) is 3.46. The third kappa shape index (κ3) is 64.8. The molecule has 0 heterocycles. The number of hydrogen-bond donors (Lipinski definition) is 0. The molecule has 0 rings (SSSR count). The third-order valence-corrected chi connectivity index (χ3v) is 13.9. The van der Waals surface area contributed by atoms with Gasteiger partial charge in [0.05, 0.1) is 40.3 Å². The molecule has 0 aliphatic rings. The molecule has 9 heteroatoms. The van der Waals surface area contributed by atoms with Crippen LogP contribution in [0.25, 0.3) is 0 Å². The summed E-state index contributed by atoms with van der Waals surface area (Å²) in [5, 5.41) is 11.8. The smallest absolute Gasteiger partial charge is 0.306 e. The van der Waals surface area contributed by atoms with Gasteiger partial charge in [0.2, 0.25) is 0 Å². The van der Waals surface area contributed by atoms with Gasteiger partial charge >= 0.3 is 11.9 Å². The van der Waals surface area contributed by atoms with E-state index in [1.165, 1.54) is 109 Å². The Morgan fingerprint density at radius 2 is 0.651 bits per heavy atom. The molecule has 0 aliphatic heterocycles. The Hall–Kier alpha value is -4.57. The summed E-state index contributed by atoms with van der Waals surface area (Å²) in [6.07, 6.45) is 88.0. The Balaban J connectivity index is 4.19. The molecule has 0 N–H and O–H groups in total. The summed E-state index contributed by atoms with van der Waals surface area (Å²) in [6.45, 7) is 4.52. The molecule has 0 aromatic heterocycles. The van der Waals surface area contributed by atoms with Crippen LogP contribution in [-0.4, -0.2) is 82.3 Å². The second-order valence-corrected chi connectivity index (χ2v) is 23.0. The number of carbonyl (C=O) groups excluding carboxylic acids is 3. The van der Waals surface area contributed by atoms with Gasteiger partial charge in [0, 0.05) is 12.8 Å². The summed E-state index contributed by atoms with van der Waals surface area (Å²) in [4.78, 5) is 37.5. The lowest BCUT2D eigenvalue weighted by atomic mass is 10.0. The molecule has 83 heavy (non-hydrogen) atoms. The first-order valence-corrected chi connectivity index (χ1v) is 33.3. The molecule has 2 unspecified atom stereocenters. The van der Waals surface area contributed by atoms with Crippen molar-refractivity contribution in [3.8, 4) is 0 Å². The fourth-order valence-electron chi connectivity index (χ4n) is 8.86. The first-order valence-electron chi connectivity index (χ1n) is 33.3. The number of likely N-dealkylation sites (N-methyl/N-ethyl adjacent to an activating group) is 1. The number of carbonyl (C=O) groups is 3. The molecule has 0 saturated heterocycles. The van der Waals surface area contributed by atoms with Crippen LogP contribution in [0, 0.1) is 0 Å². The molecule has 0 aliphatic carbocycles. The number of esters is 2. The van der Waals surface area contributed by atoms with Crippen LogP contribution in [0.3, 0.4) is 0 Å². The lowest BCUT2D eigenvalue weighted by Gasteiger charge is -2.26. The maximum atomic E-state index is 12.9. The van der Waals surface area contributed by atoms with Crippen LogP contribution in [0.2, 0.25) is 0 Å². The Morgan fingerprint density at radius 3 is 0.964 bits per heavy atom. The number of unbranched alkanes of at least 4 members (excludes halogenated alkanes) is 23. The Bertz CT molecular complexity index is 1820. The number of carboxylic acids is 1. The van der Waals surface area contributed by atoms with E-state index in [0.29, 0.717) is 17.4 Å². The summed E-state index contributed by atoms with van der Waals surface area (Å²) in [6, 6.07) is 0. The third-order valence-electron chi connectivity index (χ3n) is 13.9. The standard InChI is InChI=1S/C74H123NO8/c1-6-8-10-12-14-16-18-20-22-24-26-28-30-32-34-35-36-37-39-41-43-45-47-49-51-53-55-57-59-61-63-65-72(77)83-70(69-82-74(73(78)79)80-67-66-75(3,4)5)68-81-71(76)64-62-60-58-56-54-52-50-48-46-44-42-40-38-33-31-29-27-25-23-21-19-17-15-13-11-9-7-2/h8-11,14-17,20-23,26-29,32-34,36-38,70,74H,6-7,12-13,18-19,24-25,30-31,35,39-69H2,1-5H3/b10-8-,11-9-,16-14-,17-15-,22-20-,23-21-,28-26-,29-27-,34-32-,37-36-,38-33-. The summed E-state index contributed by atoms with van der Waals surface area (Å²) in [5.74, 6) is -2.29. The lowest BCUT2D eigenvalue weighted by molar-refractivity contribution is -0.870. The van der Waals surface area contributed by atoms with Crippen LogP contribution in [-0.2, 0) is 33.3 Å². The molecular formula is C74H123NO8. The zero-order chi connectivity index (χ0) is 60.5. The van der Waals surface area contributed by atoms with E-state index < -0.39 is 24.3 Å². The van der Waals surface area contributed by atoms with Gasteiger partial charge in [-0.3, -0.25) is 9.59 Å². The zero-order valence-electron chi connectivity index (χ0n) is 53.8. The minimum atomic E-state index is -1.63. The SMILES string of the molecule is CC/C=C\C/C=C\C/C=C\C/C=C\C/C=C\C/C=C\CCCCCCCCCCCCCCC(=O)OC(COC(=O)CCCCCCCCCCCCC/C=C\C/C=C\C/C=C\C/C=C\C/C=C\CC)COC(OCC[N+](C)(C)C)C(=O)[O-]. The summed E-state index contributed by atoms with van der Waals surface area (Å²) in [7, 11) is 5.92. The lowest BCUT2D eigenvalue weighted by Crippen LogP contribution is -2.44. The molecule has 0 saturated carbocycles. The Morgan fingerprint density at radius 1 is 0.361 bits per heavy atom. The van der Waals surface area contributed by atoms with Crippen LogP contribution in [0.15, 0.2) is 134 Å². The number of hydrogen-bond acceptors (Lipinski definition) is 8. The molecule has 0 bridgehead atoms. The van der Waals surface area contributed by atoms with Crippen molar-refractivity contribution < 1.29 is 42.9 Å². The minimum Gasteiger partial charge on any atom is -0.545 e. The van der Waals surface area contributed by atoms with Gasteiger partial charge in [0.15, 0.2) is 12.4 Å². The van der Waals surface area contributed by atoms with Gasteiger partial charge in [-0.25, -0.2) is 0 Å². The number of rotatable bonds is 60. The van der Waals surface area contributed by atoms with Crippen LogP contribution >= 0.6 is 0 Å². The van der Waals surface area contributed by atoms with Gasteiger partial charge in [-0.2, -0.15) is 0 Å². The predicted octanol–water partition coefficient (Wildman–Crippen LogP) is 19.2. The van der Waals surface area contributed by atoms with E-state index in [1.807, 2.05) is 21.1 Å². The number of ether oxygens (including phenoxy) is 4. The van der Waals surface area contributed by atoms with E-state index in [9.17, 15) is 19.5 Å². The topological polar surface area (TPSA) is 111 Å². The van der Waals surface area contributed by atoms with Crippen molar-refractivity contribution in [2.24, 2.45) is 0 Å². The van der Waals surface area contributed by atoms with Crippen LogP contribution in [0.5, 0.6) is 0 Å². The van der Waals surface area contributed by atoms with Crippen molar-refractivity contribution in [3.63, 3.8) is 0 Å². The van der Waals surface area contributed by atoms with Gasteiger partial charge in [0.1, 0.15) is 13.2 Å². The predicted molar refractivity (Wildman–Crippen MR) is 352 cm³/mol. The quantitative estimate of drug-likeness (QED) is 0.0195. The van der Waals surface area contributed by atoms with E-state index in [2.05, 4.69) is 148 Å². The van der Waals surface area contributed by atoms with Crippen molar-refractivity contribution in [2.75, 3.05) is 47.5 Å². The number of nitrogens with zero attached hydrogens (tertiary/aromatic N) is 1. The van der Waals surface area contributed by atoms with E-state index in [4.69, 9.17) is 18.9 Å². The molecule has 0 aromatic carbocycles. The van der Waals surface area contributed by atoms with E-state index in [0.717, 1.165) is 116 Å². The molecule has 2 atom stereocenters. The zero-order valence-corrected chi connectivity index (χ0v) is 53.8. The molecule has 0 amide bonds. The highest BCUT2D eigenvalue weighted by atomic mass is 16.7. The summed E-state index contributed by atoms with van der Waals surface area (Å²) < 4.78 is 22.8. The molecule has 472 valence electrons. The molecule has 0 radical (unpaired) electrons. The molecule has 9 nitrogen and oxygen atoms in total. The highest BCUT2D eigenvalue weighted by molar-refractivity contribution is 5.70. The largest absolute Gasteiger partial charge is 0.545 e. The molecule has 0 aromatic rings. The number of allylic oxidation sites excluding steroid dienone is 22. The highest BCUT2D eigenvalue weighted by Crippen LogP contribution is 2.16. The van der Waals surface area contributed by atoms with Gasteiger partial charge in [-0.05, 0) is 109 Å². The van der Waals surface area contributed by atoms with Crippen molar-refractivity contribution in [1.82, 2.24) is 0 Å². The van der Waals surface area contributed by atoms with Crippen molar-refractivity contribution in [2.45, 2.75) is 270 Å². The molecular weight excluding hydrogens is 1030 g/mol.